The molecule has 0 N–H and O–H groups in total. The molecule has 0 unspecified atom stereocenters. The fourth-order valence-electron chi connectivity index (χ4n) is 1.09. The summed E-state index contributed by atoms with van der Waals surface area (Å²) in [6, 6.07) is 0.738. The van der Waals surface area contributed by atoms with Crippen LogP contribution in [0.15, 0.2) is 0 Å². The van der Waals surface area contributed by atoms with Crippen molar-refractivity contribution in [3.63, 3.8) is 0 Å². The van der Waals surface area contributed by atoms with Crippen molar-refractivity contribution in [2.75, 3.05) is 13.6 Å². The van der Waals surface area contributed by atoms with E-state index in [9.17, 15) is 0 Å². The predicted molar refractivity (Wildman–Crippen MR) is 42.4 cm³/mol. The Morgan fingerprint density at radius 2 is 1.78 bits per heavy atom. The summed E-state index contributed by atoms with van der Waals surface area (Å²) in [4.78, 5) is 2.29. The summed E-state index contributed by atoms with van der Waals surface area (Å²) in [5.41, 5.74) is 0. The average molecular weight is 128 g/mol. The number of hydrogen-bond donors (Lipinski definition) is 0. The minimum absolute atomic E-state index is 0.738. The van der Waals surface area contributed by atoms with Crippen LogP contribution in [-0.2, 0) is 0 Å². The van der Waals surface area contributed by atoms with Gasteiger partial charge >= 0.3 is 0 Å². The van der Waals surface area contributed by atoms with Gasteiger partial charge in [-0.3, -0.25) is 0 Å². The van der Waals surface area contributed by atoms with E-state index in [1.807, 2.05) is 0 Å². The molecule has 0 aromatic heterocycles. The van der Waals surface area contributed by atoms with Crippen molar-refractivity contribution in [2.24, 2.45) is 0 Å². The molecule has 0 aliphatic rings. The zero-order valence-electron chi connectivity index (χ0n) is 6.85. The van der Waals surface area contributed by atoms with Gasteiger partial charge in [-0.25, -0.2) is 0 Å². The Hall–Kier alpha value is -0.0400. The molecular weight excluding hydrogens is 110 g/mol. The van der Waals surface area contributed by atoms with Crippen LogP contribution in [0.4, 0.5) is 0 Å². The lowest BCUT2D eigenvalue weighted by molar-refractivity contribution is 0.252. The van der Waals surface area contributed by atoms with Gasteiger partial charge in [0, 0.05) is 6.04 Å². The first kappa shape index (κ1) is 8.96. The van der Waals surface area contributed by atoms with Crippen molar-refractivity contribution >= 4 is 0 Å². The zero-order chi connectivity index (χ0) is 7.28. The molecule has 0 atom stereocenters. The number of rotatable bonds is 4. The minimum atomic E-state index is 0.738. The van der Waals surface area contributed by atoms with E-state index in [1.165, 1.54) is 12.8 Å². The molecule has 1 heteroatoms. The first-order valence-electron chi connectivity index (χ1n) is 3.75. The van der Waals surface area contributed by atoms with E-state index in [0.717, 1.165) is 12.6 Å². The smallest absolute Gasteiger partial charge is 0.00869 e. The van der Waals surface area contributed by atoms with Crippen LogP contribution < -0.4 is 0 Å². The maximum atomic E-state index is 3.83. The van der Waals surface area contributed by atoms with Crippen LogP contribution in [0.2, 0.25) is 0 Å². The third-order valence-electron chi connectivity index (χ3n) is 1.92. The van der Waals surface area contributed by atoms with E-state index in [0.29, 0.717) is 0 Å². The highest BCUT2D eigenvalue weighted by atomic mass is 15.1. The highest BCUT2D eigenvalue weighted by molar-refractivity contribution is 4.64. The van der Waals surface area contributed by atoms with E-state index in [1.54, 1.807) is 0 Å². The summed E-state index contributed by atoms with van der Waals surface area (Å²) in [6.45, 7) is 9.20. The Bertz CT molecular complexity index is 57.6. The lowest BCUT2D eigenvalue weighted by atomic mass is 10.1. The van der Waals surface area contributed by atoms with Crippen LogP contribution in [0, 0.1) is 6.92 Å². The quantitative estimate of drug-likeness (QED) is 0.559. The Morgan fingerprint density at radius 3 is 1.89 bits per heavy atom. The van der Waals surface area contributed by atoms with Gasteiger partial charge in [-0.2, -0.15) is 0 Å². The number of hydrogen-bond acceptors (Lipinski definition) is 1. The summed E-state index contributed by atoms with van der Waals surface area (Å²) in [5, 5.41) is 0. The normalized spacial score (nSPS) is 11.3. The van der Waals surface area contributed by atoms with Gasteiger partial charge in [-0.05, 0) is 33.4 Å². The van der Waals surface area contributed by atoms with Crippen molar-refractivity contribution in [3.05, 3.63) is 6.92 Å². The lowest BCUT2D eigenvalue weighted by Crippen LogP contribution is -2.30. The molecule has 1 radical (unpaired) electrons. The second-order valence-corrected chi connectivity index (χ2v) is 2.45. The highest BCUT2D eigenvalue weighted by Crippen LogP contribution is 2.03. The van der Waals surface area contributed by atoms with Gasteiger partial charge in [0.25, 0.3) is 0 Å². The molecule has 0 aromatic rings. The monoisotopic (exact) mass is 128 g/mol. The second kappa shape index (κ2) is 4.80. The van der Waals surface area contributed by atoms with Crippen molar-refractivity contribution in [1.82, 2.24) is 4.90 Å². The molecule has 0 saturated heterocycles. The standard InChI is InChI=1S/C8H18N/c1-5-8(6-2)9(4)7-3/h8H,3,5-7H2,1-2,4H3. The first-order valence-corrected chi connectivity index (χ1v) is 3.75. The Kier molecular flexibility index (Phi) is 4.78. The van der Waals surface area contributed by atoms with Gasteiger partial charge in [0.1, 0.15) is 0 Å². The van der Waals surface area contributed by atoms with Gasteiger partial charge in [-0.1, -0.05) is 13.8 Å². The van der Waals surface area contributed by atoms with Crippen LogP contribution in [0.1, 0.15) is 26.7 Å². The molecule has 0 heterocycles. The molecule has 0 fully saturated rings. The molecule has 0 aromatic carbocycles. The van der Waals surface area contributed by atoms with E-state index in [4.69, 9.17) is 0 Å². The van der Waals surface area contributed by atoms with Gasteiger partial charge in [0.2, 0.25) is 0 Å². The molecule has 0 rings (SSSR count). The predicted octanol–water partition coefficient (Wildman–Crippen LogP) is 1.94. The highest BCUT2D eigenvalue weighted by Gasteiger charge is 2.06. The van der Waals surface area contributed by atoms with Crippen molar-refractivity contribution in [2.45, 2.75) is 32.7 Å². The molecule has 0 spiro atoms. The summed E-state index contributed by atoms with van der Waals surface area (Å²) in [7, 11) is 2.13. The molecule has 0 saturated carbocycles. The molecule has 1 nitrogen and oxygen atoms in total. The SMILES string of the molecule is [CH2]CN(C)C(CC)CC. The van der Waals surface area contributed by atoms with Crippen LogP contribution in [-0.4, -0.2) is 24.5 Å². The molecule has 0 aliphatic heterocycles. The largest absolute Gasteiger partial charge is 0.303 e. The van der Waals surface area contributed by atoms with Gasteiger partial charge in [0.05, 0.1) is 0 Å². The van der Waals surface area contributed by atoms with Crippen LogP contribution in [0.25, 0.3) is 0 Å². The third-order valence-corrected chi connectivity index (χ3v) is 1.92. The van der Waals surface area contributed by atoms with Crippen LogP contribution in [0.5, 0.6) is 0 Å². The molecule has 55 valence electrons. The van der Waals surface area contributed by atoms with Crippen molar-refractivity contribution < 1.29 is 0 Å². The van der Waals surface area contributed by atoms with E-state index >= 15 is 0 Å². The summed E-state index contributed by atoms with van der Waals surface area (Å²) < 4.78 is 0. The van der Waals surface area contributed by atoms with Crippen molar-refractivity contribution in [1.29, 1.82) is 0 Å². The zero-order valence-corrected chi connectivity index (χ0v) is 6.85. The Morgan fingerprint density at radius 1 is 1.33 bits per heavy atom. The second-order valence-electron chi connectivity index (χ2n) is 2.45. The average Bonchev–Trinajstić information content (AvgIpc) is 1.90. The fourth-order valence-corrected chi connectivity index (χ4v) is 1.09. The molecule has 0 amide bonds. The maximum absolute atomic E-state index is 3.83. The molecule has 0 bridgehead atoms. The van der Waals surface area contributed by atoms with Gasteiger partial charge in [-0.15, -0.1) is 0 Å². The van der Waals surface area contributed by atoms with Crippen LogP contribution in [0.3, 0.4) is 0 Å². The van der Waals surface area contributed by atoms with E-state index < -0.39 is 0 Å². The summed E-state index contributed by atoms with van der Waals surface area (Å²) >= 11 is 0. The molecule has 0 aliphatic carbocycles. The Labute approximate surface area is 59.1 Å². The van der Waals surface area contributed by atoms with Gasteiger partial charge in [0.15, 0.2) is 0 Å². The molecular formula is C8H18N. The summed E-state index contributed by atoms with van der Waals surface area (Å²) in [6.07, 6.45) is 2.48. The van der Waals surface area contributed by atoms with Crippen LogP contribution >= 0.6 is 0 Å². The van der Waals surface area contributed by atoms with E-state index in [-0.39, 0.29) is 0 Å². The van der Waals surface area contributed by atoms with E-state index in [2.05, 4.69) is 32.7 Å². The summed E-state index contributed by atoms with van der Waals surface area (Å²) in [5.74, 6) is 0. The lowest BCUT2D eigenvalue weighted by Gasteiger charge is -2.23. The van der Waals surface area contributed by atoms with Crippen molar-refractivity contribution in [3.8, 4) is 0 Å². The third kappa shape index (κ3) is 2.85. The first-order chi connectivity index (χ1) is 4.26. The topological polar surface area (TPSA) is 3.24 Å². The Balaban J connectivity index is 3.50. The molecule has 9 heavy (non-hydrogen) atoms. The maximum Gasteiger partial charge on any atom is 0.00869 e. The fraction of sp³-hybridized carbons (Fsp3) is 0.875. The van der Waals surface area contributed by atoms with Gasteiger partial charge < -0.3 is 4.90 Å². The minimum Gasteiger partial charge on any atom is -0.303 e. The number of nitrogens with zero attached hydrogens (tertiary/aromatic N) is 1.